The molecule has 6 aromatic carbocycles. The van der Waals surface area contributed by atoms with Gasteiger partial charge in [-0.3, -0.25) is 9.59 Å². The van der Waals surface area contributed by atoms with Gasteiger partial charge in [-0.25, -0.2) is 0 Å². The van der Waals surface area contributed by atoms with E-state index in [1.165, 1.54) is 11.1 Å². The van der Waals surface area contributed by atoms with E-state index < -0.39 is 0 Å². The number of benzene rings is 6. The summed E-state index contributed by atoms with van der Waals surface area (Å²) >= 11 is 0. The SMILES string of the molecule is CCC(=C(c1ccc(O)cc1)c1ccc(C=CC(=O)NCCCCCNC(=O)C=Cc2ccc(C(=C(CC)c3ccccc3)c3ccc(O)cc3)cc2)cc1)c1ccccc1. The maximum atomic E-state index is 12.6. The topological polar surface area (TPSA) is 98.7 Å². The normalized spacial score (nSPS) is 12.2. The third-order valence-electron chi connectivity index (χ3n) is 10.6. The first kappa shape index (κ1) is 43.4. The fourth-order valence-electron chi connectivity index (χ4n) is 7.45. The van der Waals surface area contributed by atoms with E-state index in [4.69, 9.17) is 0 Å². The molecule has 61 heavy (non-hydrogen) atoms. The number of aromatic hydroxyl groups is 2. The predicted molar refractivity (Wildman–Crippen MR) is 252 cm³/mol. The van der Waals surface area contributed by atoms with Gasteiger partial charge in [0.15, 0.2) is 0 Å². The van der Waals surface area contributed by atoms with E-state index in [1.54, 1.807) is 36.4 Å². The van der Waals surface area contributed by atoms with Crippen molar-refractivity contribution in [1.29, 1.82) is 0 Å². The lowest BCUT2D eigenvalue weighted by atomic mass is 9.88. The summed E-state index contributed by atoms with van der Waals surface area (Å²) in [5.74, 6) is 0.167. The highest BCUT2D eigenvalue weighted by atomic mass is 16.3. The molecular formula is C55H54N2O4. The molecule has 0 radical (unpaired) electrons. The van der Waals surface area contributed by atoms with E-state index in [9.17, 15) is 19.8 Å². The van der Waals surface area contributed by atoms with E-state index in [1.807, 2.05) is 97.1 Å². The van der Waals surface area contributed by atoms with Gasteiger partial charge in [0.2, 0.25) is 11.8 Å². The maximum absolute atomic E-state index is 12.6. The number of phenolic OH excluding ortho intramolecular Hbond substituents is 2. The van der Waals surface area contributed by atoms with E-state index in [-0.39, 0.29) is 23.3 Å². The highest BCUT2D eigenvalue weighted by molar-refractivity contribution is 6.00. The molecule has 0 spiro atoms. The molecule has 0 atom stereocenters. The van der Waals surface area contributed by atoms with Gasteiger partial charge >= 0.3 is 0 Å². The molecular weight excluding hydrogens is 753 g/mol. The minimum absolute atomic E-state index is 0.146. The van der Waals surface area contributed by atoms with E-state index in [0.717, 1.165) is 87.8 Å². The minimum Gasteiger partial charge on any atom is -0.508 e. The lowest BCUT2D eigenvalue weighted by Gasteiger charge is -2.16. The molecule has 6 heteroatoms. The largest absolute Gasteiger partial charge is 0.508 e. The first-order valence-electron chi connectivity index (χ1n) is 21.1. The van der Waals surface area contributed by atoms with Crippen LogP contribution in [0.3, 0.4) is 0 Å². The number of rotatable bonds is 18. The molecule has 4 N–H and O–H groups in total. The van der Waals surface area contributed by atoms with Crippen LogP contribution < -0.4 is 10.6 Å². The Balaban J connectivity index is 0.945. The zero-order valence-electron chi connectivity index (χ0n) is 35.0. The predicted octanol–water partition coefficient (Wildman–Crippen LogP) is 12.0. The number of amides is 2. The summed E-state index contributed by atoms with van der Waals surface area (Å²) in [6.07, 6.45) is 10.9. The maximum Gasteiger partial charge on any atom is 0.243 e. The molecule has 6 nitrogen and oxygen atoms in total. The number of phenols is 2. The van der Waals surface area contributed by atoms with Crippen LogP contribution in [0.15, 0.2) is 170 Å². The Morgan fingerprint density at radius 1 is 0.426 bits per heavy atom. The second kappa shape index (κ2) is 22.3. The van der Waals surface area contributed by atoms with Gasteiger partial charge in [-0.05, 0) is 135 Å². The molecule has 0 saturated heterocycles. The van der Waals surface area contributed by atoms with Crippen LogP contribution in [0.1, 0.15) is 90.5 Å². The smallest absolute Gasteiger partial charge is 0.243 e. The fourth-order valence-corrected chi connectivity index (χ4v) is 7.45. The summed E-state index contributed by atoms with van der Waals surface area (Å²) < 4.78 is 0. The molecule has 6 aromatic rings. The second-order valence-corrected chi connectivity index (χ2v) is 14.8. The molecule has 0 heterocycles. The number of allylic oxidation sites excluding steroid dienone is 2. The van der Waals surface area contributed by atoms with Crippen LogP contribution >= 0.6 is 0 Å². The first-order valence-corrected chi connectivity index (χ1v) is 21.1. The molecule has 6 rings (SSSR count). The van der Waals surface area contributed by atoms with Crippen molar-refractivity contribution in [2.45, 2.75) is 46.0 Å². The van der Waals surface area contributed by atoms with Gasteiger partial charge in [0.1, 0.15) is 11.5 Å². The first-order chi connectivity index (χ1) is 29.8. The molecule has 0 aliphatic carbocycles. The molecule has 0 aromatic heterocycles. The molecule has 0 aliphatic rings. The monoisotopic (exact) mass is 806 g/mol. The highest BCUT2D eigenvalue weighted by Crippen LogP contribution is 2.36. The summed E-state index contributed by atoms with van der Waals surface area (Å²) in [4.78, 5) is 25.2. The van der Waals surface area contributed by atoms with E-state index in [2.05, 4.69) is 73.0 Å². The van der Waals surface area contributed by atoms with Crippen molar-refractivity contribution in [2.24, 2.45) is 0 Å². The van der Waals surface area contributed by atoms with Crippen LogP contribution in [0, 0.1) is 0 Å². The van der Waals surface area contributed by atoms with Crippen LogP contribution in [0.25, 0.3) is 34.4 Å². The Morgan fingerprint density at radius 2 is 0.754 bits per heavy atom. The average Bonchev–Trinajstić information content (AvgIpc) is 3.30. The zero-order chi connectivity index (χ0) is 42.8. The Hall–Kier alpha value is -7.18. The summed E-state index contributed by atoms with van der Waals surface area (Å²) in [6, 6.07) is 51.7. The number of carbonyl (C=O) groups excluding carboxylic acids is 2. The van der Waals surface area contributed by atoms with Gasteiger partial charge < -0.3 is 20.8 Å². The summed E-state index contributed by atoms with van der Waals surface area (Å²) in [7, 11) is 0. The van der Waals surface area contributed by atoms with Crippen molar-refractivity contribution in [3.05, 3.63) is 214 Å². The van der Waals surface area contributed by atoms with Crippen molar-refractivity contribution in [1.82, 2.24) is 10.6 Å². The van der Waals surface area contributed by atoms with Crippen LogP contribution in [0.5, 0.6) is 11.5 Å². The van der Waals surface area contributed by atoms with Gasteiger partial charge in [0.25, 0.3) is 0 Å². The van der Waals surface area contributed by atoms with Gasteiger partial charge in [-0.15, -0.1) is 0 Å². The fraction of sp³-hybridized carbons (Fsp3) is 0.164. The van der Waals surface area contributed by atoms with Crippen molar-refractivity contribution in [3.8, 4) is 11.5 Å². The van der Waals surface area contributed by atoms with Crippen molar-refractivity contribution in [2.75, 3.05) is 13.1 Å². The molecule has 308 valence electrons. The van der Waals surface area contributed by atoms with Gasteiger partial charge in [0.05, 0.1) is 0 Å². The quantitative estimate of drug-likeness (QED) is 0.0395. The number of carbonyl (C=O) groups is 2. The van der Waals surface area contributed by atoms with Crippen molar-refractivity contribution >= 4 is 46.3 Å². The third-order valence-corrected chi connectivity index (χ3v) is 10.6. The van der Waals surface area contributed by atoms with E-state index in [0.29, 0.717) is 13.1 Å². The van der Waals surface area contributed by atoms with Gasteiger partial charge in [-0.2, -0.15) is 0 Å². The van der Waals surface area contributed by atoms with Gasteiger partial charge in [0, 0.05) is 25.2 Å². The molecule has 0 bridgehead atoms. The minimum atomic E-state index is -0.146. The Kier molecular flexibility index (Phi) is 15.8. The van der Waals surface area contributed by atoms with E-state index >= 15 is 0 Å². The zero-order valence-corrected chi connectivity index (χ0v) is 35.0. The van der Waals surface area contributed by atoms with Gasteiger partial charge in [-0.1, -0.05) is 147 Å². The molecule has 0 unspecified atom stereocenters. The van der Waals surface area contributed by atoms with Crippen LogP contribution in [0.2, 0.25) is 0 Å². The summed E-state index contributed by atoms with van der Waals surface area (Å²) in [6.45, 7) is 5.42. The second-order valence-electron chi connectivity index (χ2n) is 14.8. The van der Waals surface area contributed by atoms with Crippen LogP contribution in [-0.4, -0.2) is 35.1 Å². The van der Waals surface area contributed by atoms with Crippen LogP contribution in [0.4, 0.5) is 0 Å². The number of unbranched alkanes of at least 4 members (excludes halogenated alkanes) is 2. The van der Waals surface area contributed by atoms with Crippen molar-refractivity contribution < 1.29 is 19.8 Å². The molecule has 0 fully saturated rings. The number of hydrogen-bond donors (Lipinski definition) is 4. The third kappa shape index (κ3) is 12.4. The summed E-state index contributed by atoms with van der Waals surface area (Å²) in [5.41, 5.74) is 13.0. The number of hydrogen-bond acceptors (Lipinski definition) is 4. The average molecular weight is 807 g/mol. The van der Waals surface area contributed by atoms with Crippen LogP contribution in [-0.2, 0) is 9.59 Å². The highest BCUT2D eigenvalue weighted by Gasteiger charge is 2.15. The molecule has 2 amide bonds. The standard InChI is InChI=1S/C55H54N2O4/c1-3-50(42-14-8-5-9-15-42)54(46-28-32-48(58)33-29-46)44-24-18-40(19-25-44)22-36-52(60)56-38-12-7-13-39-57-53(61)37-23-41-20-26-45(27-21-41)55(47-30-34-49(59)35-31-47)51(4-2)43-16-10-6-11-17-43/h5-6,8-11,14-37,58-59H,3-4,7,12-13,38-39H2,1-2H3,(H,56,60)(H,57,61). The summed E-state index contributed by atoms with van der Waals surface area (Å²) in [5, 5.41) is 25.8. The Bertz CT molecular complexity index is 2290. The lowest BCUT2D eigenvalue weighted by molar-refractivity contribution is -0.117. The molecule has 0 saturated carbocycles. The Morgan fingerprint density at radius 3 is 1.08 bits per heavy atom. The van der Waals surface area contributed by atoms with Crippen molar-refractivity contribution in [3.63, 3.8) is 0 Å². The number of nitrogens with one attached hydrogen (secondary N) is 2. The molecule has 0 aliphatic heterocycles. The lowest BCUT2D eigenvalue weighted by Crippen LogP contribution is -2.23. The Labute approximate surface area is 360 Å².